The molecule has 0 spiro atoms. The number of aryl methyl sites for hydroxylation is 1. The maximum absolute atomic E-state index is 4.99. The Hall–Kier alpha value is -6.22. The summed E-state index contributed by atoms with van der Waals surface area (Å²) in [5.41, 5.74) is 13.2. The Kier molecular flexibility index (Phi) is 18.5. The van der Waals surface area contributed by atoms with Crippen LogP contribution in [-0.2, 0) is 75.9 Å². The Morgan fingerprint density at radius 2 is 0.694 bits per heavy atom. The molecule has 13 heteroatoms. The molecule has 4 aromatic heterocycles. The Morgan fingerprint density at radius 1 is 0.388 bits per heavy atom. The summed E-state index contributed by atoms with van der Waals surface area (Å²) in [6.45, 7) is 59.2. The zero-order chi connectivity index (χ0) is 63.2. The number of aromatic nitrogens is 8. The summed E-state index contributed by atoms with van der Waals surface area (Å²) < 4.78 is 12.1. The van der Waals surface area contributed by atoms with Gasteiger partial charge in [-0.2, -0.15) is 64.1 Å². The third kappa shape index (κ3) is 14.8. The van der Waals surface area contributed by atoms with Crippen LogP contribution in [0.25, 0.3) is 16.9 Å². The molecule has 0 bridgehead atoms. The molecule has 2 aliphatic rings. The first-order valence-electron chi connectivity index (χ1n) is 29.8. The van der Waals surface area contributed by atoms with Crippen LogP contribution in [-0.4, -0.2) is 69.7 Å². The van der Waals surface area contributed by atoms with Crippen molar-refractivity contribution >= 4 is 57.6 Å². The first-order chi connectivity index (χ1) is 38.1. The van der Waals surface area contributed by atoms with E-state index in [1.165, 1.54) is 16.7 Å². The molecule has 0 fully saturated rings. The van der Waals surface area contributed by atoms with Gasteiger partial charge in [0, 0.05) is 59.9 Å². The number of hydrogen-bond acceptors (Lipinski definition) is 6. The van der Waals surface area contributed by atoms with E-state index in [1.54, 1.807) is 0 Å². The Labute approximate surface area is 524 Å². The maximum atomic E-state index is 4.99. The van der Waals surface area contributed by atoms with Gasteiger partial charge in [-0.1, -0.05) is 223 Å². The fourth-order valence-corrected chi connectivity index (χ4v) is 9.69. The first-order valence-corrected chi connectivity index (χ1v) is 29.8. The standard InChI is InChI=1S/3C24H33N4.Ir/c3*1-22(2,3)16-12-11-13-17(14-16)28-15-27(10)18-19(23(4,5)6)25-21(24(7,8)9)26-20(18)28;/h3*11-12,14H,1-10H3;/q-1;2*+1;. The van der Waals surface area contributed by atoms with Gasteiger partial charge in [-0.25, -0.2) is 15.0 Å². The predicted octanol–water partition coefficient (Wildman–Crippen LogP) is 15.7. The second-order valence-corrected chi connectivity index (χ2v) is 32.3. The van der Waals surface area contributed by atoms with Gasteiger partial charge < -0.3 is 9.13 Å². The van der Waals surface area contributed by atoms with Crippen LogP contribution in [0, 0.1) is 24.5 Å². The number of imidazole rings is 1. The van der Waals surface area contributed by atoms with E-state index >= 15 is 0 Å². The average Bonchev–Trinajstić information content (AvgIpc) is 1.77. The Morgan fingerprint density at radius 3 is 1.01 bits per heavy atom. The zero-order valence-corrected chi connectivity index (χ0v) is 59.8. The van der Waals surface area contributed by atoms with E-state index in [1.807, 2.05) is 66.8 Å². The van der Waals surface area contributed by atoms with Crippen molar-refractivity contribution in [1.82, 2.24) is 43.6 Å². The molecule has 0 N–H and O–H groups in total. The summed E-state index contributed by atoms with van der Waals surface area (Å²) in [6.07, 6.45) is 3.44. The van der Waals surface area contributed by atoms with E-state index in [-0.39, 0.29) is 68.8 Å². The summed E-state index contributed by atoms with van der Waals surface area (Å²) >= 11 is 0. The summed E-state index contributed by atoms with van der Waals surface area (Å²) in [7, 11) is 6.05. The third-order valence-corrected chi connectivity index (χ3v) is 14.8. The van der Waals surface area contributed by atoms with Gasteiger partial charge in [-0.3, -0.25) is 0 Å². The molecular formula is C72H99IrN12+. The van der Waals surface area contributed by atoms with Crippen molar-refractivity contribution in [2.45, 2.75) is 236 Å². The van der Waals surface area contributed by atoms with E-state index in [2.05, 4.69) is 260 Å². The van der Waals surface area contributed by atoms with Gasteiger partial charge in [0.25, 0.3) is 0 Å². The largest absolute Gasteiger partial charge is 0.495 e. The van der Waals surface area contributed by atoms with E-state index in [9.17, 15) is 0 Å². The van der Waals surface area contributed by atoms with Crippen molar-refractivity contribution in [2.75, 3.05) is 14.1 Å². The van der Waals surface area contributed by atoms with Crippen LogP contribution in [0.1, 0.15) is 238 Å². The van der Waals surface area contributed by atoms with Crippen molar-refractivity contribution in [2.24, 2.45) is 7.05 Å². The summed E-state index contributed by atoms with van der Waals surface area (Å²) in [5.74, 6) is 4.32. The van der Waals surface area contributed by atoms with Gasteiger partial charge in [-0.15, -0.1) is 28.2 Å². The second kappa shape index (κ2) is 23.1. The zero-order valence-electron chi connectivity index (χ0n) is 57.4. The molecule has 1 radical (unpaired) electrons. The molecule has 2 aliphatic heterocycles. The molecule has 3 aromatic carbocycles. The first kappa shape index (κ1) is 67.9. The van der Waals surface area contributed by atoms with Crippen molar-refractivity contribution in [3.05, 3.63) is 130 Å². The maximum Gasteiger partial charge on any atom is 0.495 e. The van der Waals surface area contributed by atoms with Crippen LogP contribution >= 0.6 is 0 Å². The van der Waals surface area contributed by atoms with Crippen molar-refractivity contribution in [3.8, 4) is 5.69 Å². The number of rotatable bonds is 3. The molecule has 7 aromatic rings. The monoisotopic (exact) mass is 1320 g/mol. The van der Waals surface area contributed by atoms with Gasteiger partial charge in [0.1, 0.15) is 34.4 Å². The summed E-state index contributed by atoms with van der Waals surface area (Å²) in [5, 5.41) is 0. The van der Waals surface area contributed by atoms with Gasteiger partial charge in [0.05, 0.1) is 5.52 Å². The van der Waals surface area contributed by atoms with Gasteiger partial charge in [0.2, 0.25) is 0 Å². The molecule has 0 unspecified atom stereocenters. The fourth-order valence-electron chi connectivity index (χ4n) is 9.69. The topological polar surface area (TPSA) is 98.2 Å². The van der Waals surface area contributed by atoms with Crippen LogP contribution < -0.4 is 13.7 Å². The molecule has 6 heterocycles. The van der Waals surface area contributed by atoms with Gasteiger partial charge >= 0.3 is 35.0 Å². The van der Waals surface area contributed by atoms with Crippen LogP contribution in [0.15, 0.2) is 54.6 Å². The minimum Gasteiger partial charge on any atom is -0.348 e. The van der Waals surface area contributed by atoms with Crippen molar-refractivity contribution in [3.63, 3.8) is 0 Å². The Bertz CT molecular complexity index is 3670. The summed E-state index contributed by atoms with van der Waals surface area (Å²) in [4.78, 5) is 29.9. The molecule has 0 saturated carbocycles. The van der Waals surface area contributed by atoms with Crippen LogP contribution in [0.2, 0.25) is 0 Å². The van der Waals surface area contributed by atoms with Gasteiger partial charge in [0.15, 0.2) is 31.9 Å². The van der Waals surface area contributed by atoms with E-state index < -0.39 is 0 Å². The normalized spacial score (nSPS) is 14.0. The number of benzene rings is 3. The molecule has 85 heavy (non-hydrogen) atoms. The van der Waals surface area contributed by atoms with Crippen LogP contribution in [0.4, 0.5) is 34.4 Å². The molecule has 455 valence electrons. The predicted molar refractivity (Wildman–Crippen MR) is 345 cm³/mol. The molecule has 0 amide bonds. The number of fused-ring (bicyclic) bond motifs is 3. The summed E-state index contributed by atoms with van der Waals surface area (Å²) in [6, 6.07) is 35.9. The van der Waals surface area contributed by atoms with Crippen molar-refractivity contribution in [1.29, 1.82) is 0 Å². The average molecular weight is 1320 g/mol. The second-order valence-electron chi connectivity index (χ2n) is 32.3. The van der Waals surface area contributed by atoms with E-state index in [0.717, 1.165) is 85.8 Å². The molecule has 12 nitrogen and oxygen atoms in total. The van der Waals surface area contributed by atoms with Crippen LogP contribution in [0.5, 0.6) is 0 Å². The molecule has 9 rings (SSSR count). The minimum absolute atomic E-state index is 0. The molecular weight excluding hydrogens is 1230 g/mol. The Balaban J connectivity index is 0.000000203. The minimum atomic E-state index is -0.140. The smallest absolute Gasteiger partial charge is 0.348 e. The number of hydrogen-bond donors (Lipinski definition) is 0. The molecule has 0 aliphatic carbocycles. The number of nitrogens with zero attached hydrogens (tertiary/aromatic N) is 12. The van der Waals surface area contributed by atoms with E-state index in [4.69, 9.17) is 29.9 Å². The van der Waals surface area contributed by atoms with Gasteiger partial charge in [-0.05, 0) is 21.7 Å². The van der Waals surface area contributed by atoms with E-state index in [0.29, 0.717) is 0 Å². The molecule has 0 atom stereocenters. The van der Waals surface area contributed by atoms with Crippen LogP contribution in [0.3, 0.4) is 0 Å². The molecule has 0 saturated heterocycles. The van der Waals surface area contributed by atoms with Crippen molar-refractivity contribution < 1.29 is 33.8 Å². The fraction of sp³-hybridized carbons (Fsp3) is 0.542. The SMILES string of the molecule is C[N+]1=C=[N+](c2[c-]ccc(C(C)(C)C)c2)c2nc(C(C)(C)C)nc(C(C)(C)C)c21.C[N+]1=C=[N+](c2[c-]ccc(C(C)(C)C)c2)c2nc(C(C)(C)C)nc(C(C)(C)C)c21.Cn1[c-][n+](-c2[c-]ccc(C(C)(C)C)c2)c2nc(C(C)(C)C)nc(C(C)(C)C)c21.[Ir]. The quantitative estimate of drug-likeness (QED) is 0.129. The third-order valence-electron chi connectivity index (χ3n) is 14.8.